The Morgan fingerprint density at radius 3 is 2.59 bits per heavy atom. The molecule has 0 bridgehead atoms. The molecule has 5 aromatic rings. The normalized spacial score (nSPS) is 11.8. The van der Waals surface area contributed by atoms with Crippen molar-refractivity contribution in [2.45, 2.75) is 13.3 Å². The number of imidazole rings is 1. The van der Waals surface area contributed by atoms with Crippen LogP contribution in [0, 0.1) is 6.92 Å². The van der Waals surface area contributed by atoms with Crippen molar-refractivity contribution in [3.05, 3.63) is 96.3 Å². The molecule has 11 heteroatoms. The molecule has 0 aliphatic carbocycles. The molecule has 7 nitrogen and oxygen atoms in total. The van der Waals surface area contributed by atoms with Gasteiger partial charge >= 0.3 is 12.4 Å². The predicted molar refractivity (Wildman–Crippen MR) is 148 cm³/mol. The fraction of sp³-hybridized carbons (Fsp3) is 0.107. The van der Waals surface area contributed by atoms with Crippen molar-refractivity contribution in [2.24, 2.45) is 4.40 Å². The van der Waals surface area contributed by atoms with E-state index in [0.29, 0.717) is 5.69 Å². The number of carbonyl (C=O) groups is 1. The van der Waals surface area contributed by atoms with Gasteiger partial charge in [-0.25, -0.2) is 14.2 Å². The van der Waals surface area contributed by atoms with Gasteiger partial charge in [0.25, 0.3) is 0 Å². The molecule has 39 heavy (non-hydrogen) atoms. The minimum Gasteiger partial charge on any atom is -0.406 e. The minimum atomic E-state index is -4.74. The molecule has 0 saturated heterocycles. The van der Waals surface area contributed by atoms with Crippen LogP contribution in [-0.4, -0.2) is 39.5 Å². The minimum absolute atomic E-state index is 0.286. The van der Waals surface area contributed by atoms with E-state index in [9.17, 15) is 18.0 Å². The number of rotatable bonds is 6. The van der Waals surface area contributed by atoms with Crippen LogP contribution in [0.2, 0.25) is 0 Å². The second kappa shape index (κ2) is 10.7. The summed E-state index contributed by atoms with van der Waals surface area (Å²) in [4.78, 5) is 17.0. The lowest BCUT2D eigenvalue weighted by Gasteiger charge is -2.14. The highest BCUT2D eigenvalue weighted by atomic mass is 32.2. The summed E-state index contributed by atoms with van der Waals surface area (Å²) in [6, 6.07) is 22.5. The Labute approximate surface area is 226 Å². The van der Waals surface area contributed by atoms with Crippen LogP contribution in [0.4, 0.5) is 23.7 Å². The van der Waals surface area contributed by atoms with E-state index in [1.807, 2.05) is 61.5 Å². The van der Waals surface area contributed by atoms with E-state index in [2.05, 4.69) is 19.4 Å². The quantitative estimate of drug-likeness (QED) is 0.176. The lowest BCUT2D eigenvalue weighted by atomic mass is 10.1. The Kier molecular flexibility index (Phi) is 7.16. The van der Waals surface area contributed by atoms with Gasteiger partial charge in [-0.15, -0.1) is 13.2 Å². The number of nitrogens with one attached hydrogen (secondary N) is 1. The van der Waals surface area contributed by atoms with Crippen LogP contribution in [0.1, 0.15) is 11.1 Å². The van der Waals surface area contributed by atoms with Crippen molar-refractivity contribution in [3.8, 4) is 11.4 Å². The number of aromatic nitrogens is 2. The average Bonchev–Trinajstić information content (AvgIpc) is 3.34. The number of amides is 2. The Hall–Kier alpha value is -4.51. The smallest absolute Gasteiger partial charge is 0.406 e. The molecule has 0 fully saturated rings. The van der Waals surface area contributed by atoms with Gasteiger partial charge in [0.05, 0.1) is 23.2 Å². The highest BCUT2D eigenvalue weighted by Gasteiger charge is 2.31. The topological polar surface area (TPSA) is 71.8 Å². The van der Waals surface area contributed by atoms with Gasteiger partial charge in [-0.2, -0.15) is 0 Å². The maximum Gasteiger partial charge on any atom is 0.573 e. The van der Waals surface area contributed by atoms with Gasteiger partial charge in [0.2, 0.25) is 0 Å². The number of carbonyl (C=O) groups excluding carboxylic acids is 1. The zero-order chi connectivity index (χ0) is 27.6. The van der Waals surface area contributed by atoms with Crippen molar-refractivity contribution in [2.75, 3.05) is 12.4 Å². The van der Waals surface area contributed by atoms with Crippen molar-refractivity contribution in [1.82, 2.24) is 13.9 Å². The van der Waals surface area contributed by atoms with Gasteiger partial charge in [-0.1, -0.05) is 36.4 Å². The number of hydrogen-bond donors (Lipinski definition) is 1. The third-order valence-corrected chi connectivity index (χ3v) is 6.56. The number of nitrogens with zero attached hydrogens (tertiary/aromatic N) is 4. The molecule has 4 aromatic carbocycles. The largest absolute Gasteiger partial charge is 0.573 e. The van der Waals surface area contributed by atoms with Gasteiger partial charge in [-0.05, 0) is 65.9 Å². The summed E-state index contributed by atoms with van der Waals surface area (Å²) in [6.07, 6.45) is -1.43. The first-order valence-electron chi connectivity index (χ1n) is 11.7. The number of aryl methyl sites for hydroxylation is 1. The van der Waals surface area contributed by atoms with E-state index >= 15 is 0 Å². The van der Waals surface area contributed by atoms with E-state index in [4.69, 9.17) is 0 Å². The monoisotopic (exact) mass is 549 g/mol. The first-order chi connectivity index (χ1) is 18.7. The summed E-state index contributed by atoms with van der Waals surface area (Å²) in [7, 11) is 1.64. The van der Waals surface area contributed by atoms with Crippen molar-refractivity contribution in [1.29, 1.82) is 0 Å². The highest BCUT2D eigenvalue weighted by Crippen LogP contribution is 2.29. The predicted octanol–water partition coefficient (Wildman–Crippen LogP) is 7.53. The number of halogens is 3. The highest BCUT2D eigenvalue weighted by molar-refractivity contribution is 7.96. The summed E-state index contributed by atoms with van der Waals surface area (Å²) in [5.74, 6) is -0.286. The lowest BCUT2D eigenvalue weighted by molar-refractivity contribution is -0.274. The van der Waals surface area contributed by atoms with E-state index in [1.165, 1.54) is 16.4 Å². The number of para-hydroxylation sites is 1. The standard InChI is InChI=1S/C28H22F3N5O2S/c1-18-5-3-4-6-24(18)34-27(37)35(2)39-33-16-19-7-13-23-20(15-19)8-14-25-26(23)32-17-36(25)21-9-11-22(12-10-21)38-28(29,30)31/h3-17H,1-2H3,(H,34,37)/b33-16+. The third-order valence-electron chi connectivity index (χ3n) is 5.95. The average molecular weight is 550 g/mol. The number of ether oxygens (including phenoxy) is 1. The maximum absolute atomic E-state index is 12.5. The van der Waals surface area contributed by atoms with Crippen LogP contribution >= 0.6 is 12.1 Å². The molecule has 1 aromatic heterocycles. The van der Waals surface area contributed by atoms with E-state index < -0.39 is 6.36 Å². The van der Waals surface area contributed by atoms with Crippen molar-refractivity contribution < 1.29 is 22.7 Å². The number of hydrogen-bond acceptors (Lipinski definition) is 5. The first-order valence-corrected chi connectivity index (χ1v) is 12.5. The van der Waals surface area contributed by atoms with E-state index in [0.717, 1.165) is 50.8 Å². The number of fused-ring (bicyclic) bond motifs is 3. The van der Waals surface area contributed by atoms with E-state index in [1.54, 1.807) is 36.3 Å². The molecule has 0 spiro atoms. The second-order valence-corrected chi connectivity index (χ2v) is 9.55. The Morgan fingerprint density at radius 2 is 1.85 bits per heavy atom. The lowest BCUT2D eigenvalue weighted by Crippen LogP contribution is -2.25. The van der Waals surface area contributed by atoms with E-state index in [-0.39, 0.29) is 11.8 Å². The molecule has 0 saturated carbocycles. The maximum atomic E-state index is 12.5. The molecule has 198 valence electrons. The zero-order valence-corrected chi connectivity index (χ0v) is 21.6. The van der Waals surface area contributed by atoms with Gasteiger partial charge < -0.3 is 10.1 Å². The van der Waals surface area contributed by atoms with Crippen LogP contribution < -0.4 is 10.1 Å². The fourth-order valence-corrected chi connectivity index (χ4v) is 4.45. The molecule has 0 aliphatic heterocycles. The Morgan fingerprint density at radius 1 is 1.08 bits per heavy atom. The van der Waals surface area contributed by atoms with Crippen LogP contribution in [0.3, 0.4) is 0 Å². The van der Waals surface area contributed by atoms with Crippen LogP contribution in [-0.2, 0) is 0 Å². The van der Waals surface area contributed by atoms with Gasteiger partial charge in [0.1, 0.15) is 12.1 Å². The van der Waals surface area contributed by atoms with Crippen LogP contribution in [0.5, 0.6) is 5.75 Å². The second-order valence-electron chi connectivity index (χ2n) is 8.63. The van der Waals surface area contributed by atoms with Crippen molar-refractivity contribution in [3.63, 3.8) is 0 Å². The Bertz CT molecular complexity index is 1680. The zero-order valence-electron chi connectivity index (χ0n) is 20.8. The molecule has 0 unspecified atom stereocenters. The number of benzene rings is 4. The summed E-state index contributed by atoms with van der Waals surface area (Å²) in [5.41, 5.74) is 4.79. The third kappa shape index (κ3) is 5.99. The molecular weight excluding hydrogens is 527 g/mol. The van der Waals surface area contributed by atoms with Crippen molar-refractivity contribution >= 4 is 51.9 Å². The molecule has 5 rings (SSSR count). The summed E-state index contributed by atoms with van der Waals surface area (Å²) in [5, 5.41) is 4.72. The molecule has 1 heterocycles. The molecule has 2 amide bonds. The first kappa shape index (κ1) is 26.1. The van der Waals surface area contributed by atoms with Crippen LogP contribution in [0.15, 0.2) is 89.6 Å². The molecule has 0 radical (unpaired) electrons. The van der Waals surface area contributed by atoms with Gasteiger partial charge in [-0.3, -0.25) is 8.87 Å². The Balaban J connectivity index is 1.29. The van der Waals surface area contributed by atoms with Crippen LogP contribution in [0.25, 0.3) is 27.5 Å². The number of alkyl halides is 3. The molecule has 0 aliphatic rings. The summed E-state index contributed by atoms with van der Waals surface area (Å²) >= 11 is 1.02. The molecular formula is C28H22F3N5O2S. The fourth-order valence-electron chi connectivity index (χ4n) is 4.02. The number of anilines is 1. The van der Waals surface area contributed by atoms with Gasteiger partial charge in [0, 0.05) is 30.0 Å². The summed E-state index contributed by atoms with van der Waals surface area (Å²) < 4.78 is 48.9. The number of urea groups is 1. The summed E-state index contributed by atoms with van der Waals surface area (Å²) in [6.45, 7) is 1.92. The molecule has 1 N–H and O–H groups in total. The molecule has 0 atom stereocenters. The SMILES string of the molecule is Cc1ccccc1NC(=O)N(C)S/N=C/c1ccc2c(ccc3c2ncn3-c2ccc(OC(F)(F)F)cc2)c1. The van der Waals surface area contributed by atoms with Gasteiger partial charge in [0.15, 0.2) is 0 Å².